The zero-order valence-electron chi connectivity index (χ0n) is 15.9. The van der Waals surface area contributed by atoms with Crippen LogP contribution in [0.15, 0.2) is 72.8 Å². The molecule has 1 unspecified atom stereocenters. The number of hydrogen-bond donors (Lipinski definition) is 1. The van der Waals surface area contributed by atoms with Crippen molar-refractivity contribution in [3.05, 3.63) is 78.6 Å². The summed E-state index contributed by atoms with van der Waals surface area (Å²) in [4.78, 5) is 13.2. The van der Waals surface area contributed by atoms with E-state index >= 15 is 0 Å². The van der Waals surface area contributed by atoms with Gasteiger partial charge in [-0.05, 0) is 60.9 Å². The molecule has 1 atom stereocenters. The number of nitrogens with zero attached hydrogens (tertiary/aromatic N) is 1. The summed E-state index contributed by atoms with van der Waals surface area (Å²) < 4.78 is 20.0. The maximum atomic E-state index is 14.1. The smallest absolute Gasteiger partial charge is 0.305 e. The first-order chi connectivity index (χ1) is 14.1. The number of carboxylic acid groups (broad SMARTS) is 1. The van der Waals surface area contributed by atoms with Crippen molar-refractivity contribution < 1.29 is 19.0 Å². The van der Waals surface area contributed by atoms with Crippen molar-refractivity contribution in [2.45, 2.75) is 25.3 Å². The number of ether oxygens (including phenoxy) is 1. The number of carboxylic acids is 1. The molecule has 0 saturated carbocycles. The van der Waals surface area contributed by atoms with Crippen LogP contribution in [-0.2, 0) is 4.79 Å². The van der Waals surface area contributed by atoms with Gasteiger partial charge in [0.1, 0.15) is 17.3 Å². The van der Waals surface area contributed by atoms with Crippen LogP contribution < -0.4 is 9.64 Å². The van der Waals surface area contributed by atoms with Crippen LogP contribution >= 0.6 is 0 Å². The van der Waals surface area contributed by atoms with Gasteiger partial charge in [-0.3, -0.25) is 4.79 Å². The average molecular weight is 391 g/mol. The number of rotatable bonds is 6. The molecule has 4 nitrogen and oxygen atoms in total. The molecule has 1 N–H and O–H groups in total. The Labute approximate surface area is 169 Å². The van der Waals surface area contributed by atoms with Gasteiger partial charge in [0.2, 0.25) is 0 Å². The molecule has 4 rings (SSSR count). The molecule has 0 aromatic heterocycles. The highest BCUT2D eigenvalue weighted by molar-refractivity contribution is 5.69. The van der Waals surface area contributed by atoms with Crippen LogP contribution in [0, 0.1) is 5.82 Å². The lowest BCUT2D eigenvalue weighted by atomic mass is 10.1. The van der Waals surface area contributed by atoms with Gasteiger partial charge in [-0.15, -0.1) is 0 Å². The second-order valence-corrected chi connectivity index (χ2v) is 7.19. The SMILES string of the molecule is O=C(O)CC1CCCN1c1ccc(Oc2cccc(-c3ccccc3F)c2)cc1. The first kappa shape index (κ1) is 19.0. The van der Waals surface area contributed by atoms with E-state index in [4.69, 9.17) is 9.84 Å². The molecule has 148 valence electrons. The molecule has 1 aliphatic heterocycles. The van der Waals surface area contributed by atoms with E-state index in [0.29, 0.717) is 17.1 Å². The van der Waals surface area contributed by atoms with E-state index in [1.807, 2.05) is 48.5 Å². The van der Waals surface area contributed by atoms with Crippen LogP contribution in [0.5, 0.6) is 11.5 Å². The summed E-state index contributed by atoms with van der Waals surface area (Å²) in [5.74, 6) is 0.268. The minimum Gasteiger partial charge on any atom is -0.481 e. The number of carbonyl (C=O) groups is 1. The van der Waals surface area contributed by atoms with Gasteiger partial charge in [0.25, 0.3) is 0 Å². The normalized spacial score (nSPS) is 16.0. The highest BCUT2D eigenvalue weighted by atomic mass is 19.1. The Morgan fingerprint density at radius 2 is 1.83 bits per heavy atom. The van der Waals surface area contributed by atoms with E-state index < -0.39 is 5.97 Å². The monoisotopic (exact) mass is 391 g/mol. The quantitative estimate of drug-likeness (QED) is 0.583. The summed E-state index contributed by atoms with van der Waals surface area (Å²) in [6.45, 7) is 0.864. The molecule has 5 heteroatoms. The Morgan fingerprint density at radius 3 is 2.59 bits per heavy atom. The Hall–Kier alpha value is -3.34. The van der Waals surface area contributed by atoms with Crippen LogP contribution in [0.3, 0.4) is 0 Å². The topological polar surface area (TPSA) is 49.8 Å². The van der Waals surface area contributed by atoms with E-state index in [-0.39, 0.29) is 18.3 Å². The number of hydrogen-bond acceptors (Lipinski definition) is 3. The molecule has 1 fully saturated rings. The summed E-state index contributed by atoms with van der Waals surface area (Å²) >= 11 is 0. The van der Waals surface area contributed by atoms with Gasteiger partial charge in [0, 0.05) is 23.8 Å². The fourth-order valence-corrected chi connectivity index (χ4v) is 3.85. The molecule has 3 aromatic rings. The number of halogens is 1. The third kappa shape index (κ3) is 4.40. The van der Waals surface area contributed by atoms with Crippen LogP contribution in [0.25, 0.3) is 11.1 Å². The highest BCUT2D eigenvalue weighted by Gasteiger charge is 2.26. The molecule has 29 heavy (non-hydrogen) atoms. The molecule has 0 amide bonds. The number of anilines is 1. The number of aliphatic carboxylic acids is 1. The minimum absolute atomic E-state index is 0.0386. The second-order valence-electron chi connectivity index (χ2n) is 7.19. The summed E-state index contributed by atoms with van der Waals surface area (Å²) in [6, 6.07) is 21.7. The molecule has 0 bridgehead atoms. The van der Waals surface area contributed by atoms with Crippen molar-refractivity contribution >= 4 is 11.7 Å². The van der Waals surface area contributed by atoms with Gasteiger partial charge in [-0.2, -0.15) is 0 Å². The Morgan fingerprint density at radius 1 is 1.03 bits per heavy atom. The standard InChI is InChI=1S/C24H22FNO3/c25-23-9-2-1-8-22(23)17-5-3-7-21(15-17)29-20-12-10-18(11-13-20)26-14-4-6-19(26)16-24(27)28/h1-3,5,7-13,15,19H,4,6,14,16H2,(H,27,28). The maximum absolute atomic E-state index is 14.1. The van der Waals surface area contributed by atoms with Crippen molar-refractivity contribution in [2.75, 3.05) is 11.4 Å². The molecule has 0 radical (unpaired) electrons. The van der Waals surface area contributed by atoms with Gasteiger partial charge in [0.15, 0.2) is 0 Å². The first-order valence-electron chi connectivity index (χ1n) is 9.71. The molecular formula is C24H22FNO3. The van der Waals surface area contributed by atoms with Gasteiger partial charge in [-0.25, -0.2) is 4.39 Å². The zero-order valence-corrected chi connectivity index (χ0v) is 15.9. The highest BCUT2D eigenvalue weighted by Crippen LogP contribution is 2.32. The van der Waals surface area contributed by atoms with Crippen molar-refractivity contribution in [1.29, 1.82) is 0 Å². The van der Waals surface area contributed by atoms with Crippen molar-refractivity contribution in [3.63, 3.8) is 0 Å². The van der Waals surface area contributed by atoms with E-state index in [9.17, 15) is 9.18 Å². The molecule has 1 saturated heterocycles. The Balaban J connectivity index is 1.49. The predicted molar refractivity (Wildman–Crippen MR) is 111 cm³/mol. The molecule has 1 heterocycles. The third-order valence-corrected chi connectivity index (χ3v) is 5.21. The van der Waals surface area contributed by atoms with Crippen LogP contribution in [0.4, 0.5) is 10.1 Å². The fraction of sp³-hybridized carbons (Fsp3) is 0.208. The van der Waals surface area contributed by atoms with Crippen molar-refractivity contribution in [2.24, 2.45) is 0 Å². The van der Waals surface area contributed by atoms with E-state index in [0.717, 1.165) is 30.6 Å². The van der Waals surface area contributed by atoms with E-state index in [1.165, 1.54) is 6.07 Å². The van der Waals surface area contributed by atoms with Gasteiger partial charge in [-0.1, -0.05) is 30.3 Å². The van der Waals surface area contributed by atoms with Crippen molar-refractivity contribution in [1.82, 2.24) is 0 Å². The molecule has 1 aliphatic rings. The van der Waals surface area contributed by atoms with Crippen LogP contribution in [0.2, 0.25) is 0 Å². The first-order valence-corrected chi connectivity index (χ1v) is 9.71. The lowest BCUT2D eigenvalue weighted by Gasteiger charge is -2.25. The zero-order chi connectivity index (χ0) is 20.2. The van der Waals surface area contributed by atoms with E-state index in [2.05, 4.69) is 4.90 Å². The van der Waals surface area contributed by atoms with Crippen molar-refractivity contribution in [3.8, 4) is 22.6 Å². The summed E-state index contributed by atoms with van der Waals surface area (Å²) in [5, 5.41) is 9.10. The van der Waals surface area contributed by atoms with E-state index in [1.54, 1.807) is 18.2 Å². The summed E-state index contributed by atoms with van der Waals surface area (Å²) in [7, 11) is 0. The van der Waals surface area contributed by atoms with Crippen LogP contribution in [-0.4, -0.2) is 23.7 Å². The predicted octanol–water partition coefficient (Wildman–Crippen LogP) is 5.73. The van der Waals surface area contributed by atoms with Gasteiger partial charge in [0.05, 0.1) is 6.42 Å². The maximum Gasteiger partial charge on any atom is 0.305 e. The molecular weight excluding hydrogens is 369 g/mol. The number of benzene rings is 3. The second kappa shape index (κ2) is 8.35. The summed E-state index contributed by atoms with van der Waals surface area (Å²) in [5.41, 5.74) is 2.29. The molecule has 3 aromatic carbocycles. The lowest BCUT2D eigenvalue weighted by Crippen LogP contribution is -2.31. The molecule has 0 aliphatic carbocycles. The average Bonchev–Trinajstić information content (AvgIpc) is 3.16. The summed E-state index contributed by atoms with van der Waals surface area (Å²) in [6.07, 6.45) is 2.05. The largest absolute Gasteiger partial charge is 0.481 e. The van der Waals surface area contributed by atoms with Gasteiger partial charge < -0.3 is 14.7 Å². The minimum atomic E-state index is -0.767. The Kier molecular flexibility index (Phi) is 5.47. The lowest BCUT2D eigenvalue weighted by molar-refractivity contribution is -0.137. The third-order valence-electron chi connectivity index (χ3n) is 5.21. The molecule has 0 spiro atoms. The Bertz CT molecular complexity index is 1000. The van der Waals surface area contributed by atoms with Crippen LogP contribution in [0.1, 0.15) is 19.3 Å². The van der Waals surface area contributed by atoms with Gasteiger partial charge >= 0.3 is 5.97 Å². The fourth-order valence-electron chi connectivity index (χ4n) is 3.85.